The molecule has 26 heavy (non-hydrogen) atoms. The lowest BCUT2D eigenvalue weighted by Gasteiger charge is -2.58. The summed E-state index contributed by atoms with van der Waals surface area (Å²) < 4.78 is 11.2. The Balaban J connectivity index is 1.28. The van der Waals surface area contributed by atoms with Gasteiger partial charge in [-0.15, -0.1) is 10.2 Å². The van der Waals surface area contributed by atoms with Crippen LogP contribution < -0.4 is 0 Å². The number of ether oxygens (including phenoxy) is 1. The highest BCUT2D eigenvalue weighted by Crippen LogP contribution is 2.62. The van der Waals surface area contributed by atoms with Crippen molar-refractivity contribution in [3.05, 3.63) is 36.2 Å². The third-order valence-electron chi connectivity index (χ3n) is 6.28. The third-order valence-corrected chi connectivity index (χ3v) is 6.28. The van der Waals surface area contributed by atoms with Gasteiger partial charge in [-0.3, -0.25) is 4.79 Å². The van der Waals surface area contributed by atoms with E-state index in [1.807, 2.05) is 30.3 Å². The van der Waals surface area contributed by atoms with Crippen LogP contribution in [0.1, 0.15) is 44.4 Å². The van der Waals surface area contributed by atoms with Crippen molar-refractivity contribution in [1.29, 1.82) is 0 Å². The van der Waals surface area contributed by atoms with Crippen molar-refractivity contribution >= 4 is 5.97 Å². The first-order chi connectivity index (χ1) is 12.5. The number of nitrogens with zero attached hydrogens (tertiary/aromatic N) is 2. The molecule has 2 aromatic rings. The van der Waals surface area contributed by atoms with Gasteiger partial charge in [-0.2, -0.15) is 0 Å². The lowest BCUT2D eigenvalue weighted by atomic mass is 9.48. The molecule has 0 aliphatic heterocycles. The Morgan fingerprint density at radius 2 is 1.88 bits per heavy atom. The predicted octanol–water partition coefficient (Wildman–Crippen LogP) is 3.11. The second-order valence-corrected chi connectivity index (χ2v) is 8.41. The van der Waals surface area contributed by atoms with Gasteiger partial charge in [-0.05, 0) is 62.5 Å². The Morgan fingerprint density at radius 3 is 2.58 bits per heavy atom. The molecule has 1 aromatic heterocycles. The largest absolute Gasteiger partial charge is 0.455 e. The summed E-state index contributed by atoms with van der Waals surface area (Å²) >= 11 is 0. The second-order valence-electron chi connectivity index (χ2n) is 8.41. The van der Waals surface area contributed by atoms with Crippen molar-refractivity contribution in [3.8, 4) is 11.5 Å². The molecule has 4 fully saturated rings. The molecular formula is C20H22N2O4. The van der Waals surface area contributed by atoms with Gasteiger partial charge in [0.1, 0.15) is 0 Å². The number of aliphatic hydroxyl groups is 1. The van der Waals surface area contributed by atoms with Crippen molar-refractivity contribution in [1.82, 2.24) is 10.2 Å². The maximum absolute atomic E-state index is 12.9. The fourth-order valence-electron chi connectivity index (χ4n) is 5.74. The molecule has 0 saturated heterocycles. The normalized spacial score (nSPS) is 34.8. The van der Waals surface area contributed by atoms with Crippen LogP contribution in [0.15, 0.2) is 34.7 Å². The summed E-state index contributed by atoms with van der Waals surface area (Å²) in [5, 5.41) is 18.8. The van der Waals surface area contributed by atoms with Crippen LogP contribution in [0.2, 0.25) is 0 Å². The van der Waals surface area contributed by atoms with E-state index in [4.69, 9.17) is 9.15 Å². The molecule has 0 radical (unpaired) electrons. The average molecular weight is 354 g/mol. The quantitative estimate of drug-likeness (QED) is 0.849. The monoisotopic (exact) mass is 354 g/mol. The molecule has 4 atom stereocenters. The van der Waals surface area contributed by atoms with Gasteiger partial charge in [0, 0.05) is 5.56 Å². The molecule has 6 rings (SSSR count). The maximum Gasteiger partial charge on any atom is 0.312 e. The number of benzene rings is 1. The predicted molar refractivity (Wildman–Crippen MR) is 91.6 cm³/mol. The van der Waals surface area contributed by atoms with E-state index in [1.165, 1.54) is 0 Å². The standard InChI is InChI=1S/C20H22N2O4/c23-18(19-7-13-6-14(8-19)10-20(24,9-13)12-19)25-11-16-21-22-17(26-16)15-4-2-1-3-5-15/h1-5,13-14,24H,6-12H2/t13-,14+,19?,20?. The zero-order chi connectivity index (χ0) is 17.8. The van der Waals surface area contributed by atoms with Crippen LogP contribution in [0.4, 0.5) is 0 Å². The van der Waals surface area contributed by atoms with Crippen LogP contribution >= 0.6 is 0 Å². The summed E-state index contributed by atoms with van der Waals surface area (Å²) in [6.07, 6.45) is 5.02. The lowest BCUT2D eigenvalue weighted by molar-refractivity contribution is -0.197. The second kappa shape index (κ2) is 5.64. The Kier molecular flexibility index (Phi) is 3.47. The lowest BCUT2D eigenvalue weighted by Crippen LogP contribution is -2.58. The van der Waals surface area contributed by atoms with E-state index in [0.717, 1.165) is 37.7 Å². The highest BCUT2D eigenvalue weighted by Gasteiger charge is 2.60. The number of esters is 1. The van der Waals surface area contributed by atoms with E-state index in [0.29, 0.717) is 30.0 Å². The van der Waals surface area contributed by atoms with E-state index in [1.54, 1.807) is 0 Å². The Hall–Kier alpha value is -2.21. The van der Waals surface area contributed by atoms with E-state index in [-0.39, 0.29) is 12.6 Å². The average Bonchev–Trinajstić information content (AvgIpc) is 3.07. The topological polar surface area (TPSA) is 85.5 Å². The SMILES string of the molecule is O=C(OCc1nnc(-c2ccccc2)o1)C12C[C@@H]3C[C@@H](CC(O)(C3)C1)C2. The zero-order valence-electron chi connectivity index (χ0n) is 14.6. The molecule has 0 spiro atoms. The highest BCUT2D eigenvalue weighted by atomic mass is 16.5. The first-order valence-electron chi connectivity index (χ1n) is 9.31. The summed E-state index contributed by atoms with van der Waals surface area (Å²) in [5.74, 6) is 1.38. The van der Waals surface area contributed by atoms with E-state index in [9.17, 15) is 9.90 Å². The number of carbonyl (C=O) groups is 1. The van der Waals surface area contributed by atoms with Gasteiger partial charge in [0.05, 0.1) is 11.0 Å². The highest BCUT2D eigenvalue weighted by molar-refractivity contribution is 5.77. The van der Waals surface area contributed by atoms with Gasteiger partial charge in [0.2, 0.25) is 5.89 Å². The van der Waals surface area contributed by atoms with E-state index >= 15 is 0 Å². The van der Waals surface area contributed by atoms with Gasteiger partial charge in [0.15, 0.2) is 6.61 Å². The summed E-state index contributed by atoms with van der Waals surface area (Å²) in [5.41, 5.74) is -0.365. The number of rotatable bonds is 4. The van der Waals surface area contributed by atoms with Gasteiger partial charge in [-0.1, -0.05) is 18.2 Å². The minimum Gasteiger partial charge on any atom is -0.455 e. The molecule has 1 aromatic carbocycles. The van der Waals surface area contributed by atoms with Crippen molar-refractivity contribution in [2.24, 2.45) is 17.3 Å². The van der Waals surface area contributed by atoms with E-state index < -0.39 is 11.0 Å². The maximum atomic E-state index is 12.9. The molecule has 4 aliphatic carbocycles. The molecule has 6 heteroatoms. The molecule has 2 unspecified atom stereocenters. The van der Waals surface area contributed by atoms with Crippen LogP contribution in [-0.4, -0.2) is 26.9 Å². The number of hydrogen-bond donors (Lipinski definition) is 1. The van der Waals surface area contributed by atoms with Crippen molar-refractivity contribution in [2.75, 3.05) is 0 Å². The van der Waals surface area contributed by atoms with Gasteiger partial charge >= 0.3 is 5.97 Å². The number of hydrogen-bond acceptors (Lipinski definition) is 6. The molecule has 4 aliphatic rings. The summed E-state index contributed by atoms with van der Waals surface area (Å²) in [6, 6.07) is 9.49. The molecule has 136 valence electrons. The van der Waals surface area contributed by atoms with Crippen molar-refractivity contribution in [2.45, 2.75) is 50.7 Å². The zero-order valence-corrected chi connectivity index (χ0v) is 14.6. The Labute approximate surface area is 151 Å². The van der Waals surface area contributed by atoms with Crippen LogP contribution in [0, 0.1) is 17.3 Å². The third kappa shape index (κ3) is 2.63. The van der Waals surface area contributed by atoms with Crippen molar-refractivity contribution < 1.29 is 19.1 Å². The fourth-order valence-corrected chi connectivity index (χ4v) is 5.74. The number of aromatic nitrogens is 2. The molecule has 4 saturated carbocycles. The van der Waals surface area contributed by atoms with Crippen LogP contribution in [0.25, 0.3) is 11.5 Å². The van der Waals surface area contributed by atoms with Gasteiger partial charge in [-0.25, -0.2) is 0 Å². The molecular weight excluding hydrogens is 332 g/mol. The molecule has 6 nitrogen and oxygen atoms in total. The number of carbonyl (C=O) groups excluding carboxylic acids is 1. The van der Waals surface area contributed by atoms with Crippen molar-refractivity contribution in [3.63, 3.8) is 0 Å². The first-order valence-corrected chi connectivity index (χ1v) is 9.31. The molecule has 4 bridgehead atoms. The van der Waals surface area contributed by atoms with E-state index in [2.05, 4.69) is 10.2 Å². The van der Waals surface area contributed by atoms with Gasteiger partial charge < -0.3 is 14.3 Å². The Bertz CT molecular complexity index is 817. The smallest absolute Gasteiger partial charge is 0.312 e. The molecule has 1 heterocycles. The minimum atomic E-state index is -0.673. The first kappa shape index (κ1) is 16.0. The summed E-state index contributed by atoms with van der Waals surface area (Å²) in [6.45, 7) is -0.0197. The van der Waals surface area contributed by atoms with Crippen LogP contribution in [0.3, 0.4) is 0 Å². The van der Waals surface area contributed by atoms with Crippen LogP contribution in [0.5, 0.6) is 0 Å². The summed E-state index contributed by atoms with van der Waals surface area (Å²) in [4.78, 5) is 12.9. The minimum absolute atomic E-state index is 0.0197. The fraction of sp³-hybridized carbons (Fsp3) is 0.550. The molecule has 1 N–H and O–H groups in total. The summed E-state index contributed by atoms with van der Waals surface area (Å²) in [7, 11) is 0. The Morgan fingerprint density at radius 1 is 1.15 bits per heavy atom. The van der Waals surface area contributed by atoms with Crippen LogP contribution in [-0.2, 0) is 16.1 Å². The molecule has 0 amide bonds. The van der Waals surface area contributed by atoms with Gasteiger partial charge in [0.25, 0.3) is 5.89 Å².